The average Bonchev–Trinajstić information content (AvgIpc) is 2.41. The minimum atomic E-state index is -3.45. The number of hydrogen-bond acceptors (Lipinski definition) is 6. The molecule has 0 radical (unpaired) electrons. The van der Waals surface area contributed by atoms with Crippen LogP contribution in [0.15, 0.2) is 35.5 Å². The average molecular weight is 315 g/mol. The summed E-state index contributed by atoms with van der Waals surface area (Å²) in [6.45, 7) is 2.06. The van der Waals surface area contributed by atoms with Gasteiger partial charge in [-0.05, 0) is 18.9 Å². The molecule has 1 unspecified atom stereocenters. The van der Waals surface area contributed by atoms with Gasteiger partial charge in [-0.15, -0.1) is 0 Å². The van der Waals surface area contributed by atoms with Crippen LogP contribution in [0.25, 0.3) is 0 Å². The van der Waals surface area contributed by atoms with Crippen molar-refractivity contribution in [3.05, 3.63) is 35.9 Å². The van der Waals surface area contributed by atoms with Crippen molar-refractivity contribution in [2.75, 3.05) is 13.4 Å². The molecule has 1 atom stereocenters. The summed E-state index contributed by atoms with van der Waals surface area (Å²) in [5.41, 5.74) is 1.02. The van der Waals surface area contributed by atoms with E-state index in [4.69, 9.17) is 13.8 Å². The highest BCUT2D eigenvalue weighted by molar-refractivity contribution is 7.86. The largest absolute Gasteiger partial charge is 0.474 e. The molecule has 0 fully saturated rings. The molecule has 0 saturated carbocycles. The minimum absolute atomic E-state index is 0.379. The van der Waals surface area contributed by atoms with Crippen LogP contribution in [0.3, 0.4) is 0 Å². The van der Waals surface area contributed by atoms with E-state index in [1.807, 2.05) is 30.3 Å². The molecule has 6 nitrogen and oxygen atoms in total. The molecule has 0 spiro atoms. The fraction of sp³-hybridized carbons (Fsp3) is 0.500. The zero-order valence-electron chi connectivity index (χ0n) is 12.5. The Morgan fingerprint density at radius 1 is 1.29 bits per heavy atom. The highest BCUT2D eigenvalue weighted by atomic mass is 32.2. The predicted molar refractivity (Wildman–Crippen MR) is 80.3 cm³/mol. The number of oxime groups is 1. The molecule has 0 aromatic heterocycles. The van der Waals surface area contributed by atoms with Gasteiger partial charge in [0, 0.05) is 6.42 Å². The number of hydrogen-bond donors (Lipinski definition) is 0. The second-order valence-corrected chi connectivity index (χ2v) is 6.19. The van der Waals surface area contributed by atoms with Crippen molar-refractivity contribution in [2.45, 2.75) is 32.5 Å². The van der Waals surface area contributed by atoms with Gasteiger partial charge in [-0.3, -0.25) is 4.18 Å². The van der Waals surface area contributed by atoms with Crippen molar-refractivity contribution >= 4 is 16.0 Å². The molecule has 0 saturated heterocycles. The fourth-order valence-electron chi connectivity index (χ4n) is 1.66. The molecule has 0 N–H and O–H groups in total. The SMILES string of the molecule is CON=C(CCC(C)OS(C)(=O)=O)OCc1ccccc1. The first kappa shape index (κ1) is 17.5. The number of ether oxygens (including phenoxy) is 1. The van der Waals surface area contributed by atoms with Crippen molar-refractivity contribution in [3.8, 4) is 0 Å². The van der Waals surface area contributed by atoms with E-state index in [-0.39, 0.29) is 0 Å². The van der Waals surface area contributed by atoms with Crippen molar-refractivity contribution in [2.24, 2.45) is 5.16 Å². The maximum Gasteiger partial charge on any atom is 0.264 e. The summed E-state index contributed by atoms with van der Waals surface area (Å²) in [5, 5.41) is 3.80. The molecule has 118 valence electrons. The molecule has 1 aromatic carbocycles. The summed E-state index contributed by atoms with van der Waals surface area (Å²) in [5.74, 6) is 0.408. The van der Waals surface area contributed by atoms with Gasteiger partial charge in [0.2, 0.25) is 5.90 Å². The first-order valence-electron chi connectivity index (χ1n) is 6.55. The van der Waals surface area contributed by atoms with Crippen LogP contribution in [0, 0.1) is 0 Å². The summed E-state index contributed by atoms with van der Waals surface area (Å²) in [6, 6.07) is 9.67. The van der Waals surface area contributed by atoms with Gasteiger partial charge in [0.15, 0.2) is 0 Å². The molecule has 7 heteroatoms. The lowest BCUT2D eigenvalue weighted by atomic mass is 10.2. The second-order valence-electron chi connectivity index (χ2n) is 4.59. The van der Waals surface area contributed by atoms with Crippen LogP contribution in [0.4, 0.5) is 0 Å². The summed E-state index contributed by atoms with van der Waals surface area (Å²) in [6.07, 6.45) is 1.48. The Labute approximate surface area is 125 Å². The molecule has 0 amide bonds. The molecule has 0 aliphatic carbocycles. The summed E-state index contributed by atoms with van der Waals surface area (Å²) in [7, 11) is -2.02. The topological polar surface area (TPSA) is 74.2 Å². The van der Waals surface area contributed by atoms with Crippen LogP contribution >= 0.6 is 0 Å². The lowest BCUT2D eigenvalue weighted by Crippen LogP contribution is -2.16. The molecule has 0 aliphatic rings. The lowest BCUT2D eigenvalue weighted by Gasteiger charge is -2.12. The van der Waals surface area contributed by atoms with E-state index in [1.54, 1.807) is 6.92 Å². The van der Waals surface area contributed by atoms with Crippen LogP contribution in [-0.2, 0) is 30.5 Å². The maximum absolute atomic E-state index is 11.0. The second kappa shape index (κ2) is 8.63. The number of rotatable bonds is 8. The first-order chi connectivity index (χ1) is 9.90. The van der Waals surface area contributed by atoms with E-state index in [1.165, 1.54) is 7.11 Å². The Balaban J connectivity index is 2.45. The van der Waals surface area contributed by atoms with Gasteiger partial charge in [-0.1, -0.05) is 35.5 Å². The van der Waals surface area contributed by atoms with E-state index >= 15 is 0 Å². The molecule has 1 rings (SSSR count). The van der Waals surface area contributed by atoms with Crippen LogP contribution in [-0.4, -0.2) is 33.8 Å². The quantitative estimate of drug-likeness (QED) is 0.318. The molecule has 0 bridgehead atoms. The number of nitrogens with zero attached hydrogens (tertiary/aromatic N) is 1. The van der Waals surface area contributed by atoms with Gasteiger partial charge < -0.3 is 9.57 Å². The molecular weight excluding hydrogens is 294 g/mol. The van der Waals surface area contributed by atoms with Crippen LogP contribution in [0.5, 0.6) is 0 Å². The molecule has 1 aromatic rings. The third-order valence-electron chi connectivity index (χ3n) is 2.55. The molecule has 21 heavy (non-hydrogen) atoms. The van der Waals surface area contributed by atoms with Crippen molar-refractivity contribution in [1.82, 2.24) is 0 Å². The maximum atomic E-state index is 11.0. The third-order valence-corrected chi connectivity index (χ3v) is 3.22. The van der Waals surface area contributed by atoms with E-state index < -0.39 is 16.2 Å². The summed E-state index contributed by atoms with van der Waals surface area (Å²) < 4.78 is 32.4. The predicted octanol–water partition coefficient (Wildman–Crippen LogP) is 2.31. The lowest BCUT2D eigenvalue weighted by molar-refractivity contribution is 0.178. The standard InChI is InChI=1S/C14H21NO5S/c1-12(20-21(3,16)17)9-10-14(15-18-2)19-11-13-7-5-4-6-8-13/h4-8,12H,9-11H2,1-3H3. The van der Waals surface area contributed by atoms with E-state index in [0.29, 0.717) is 25.3 Å². The van der Waals surface area contributed by atoms with Crippen LogP contribution in [0.1, 0.15) is 25.3 Å². The number of benzene rings is 1. The minimum Gasteiger partial charge on any atom is -0.474 e. The van der Waals surface area contributed by atoms with Gasteiger partial charge >= 0.3 is 0 Å². The molecular formula is C14H21NO5S. The molecule has 0 aliphatic heterocycles. The Bertz CT molecular complexity index is 542. The van der Waals surface area contributed by atoms with Crippen LogP contribution < -0.4 is 0 Å². The Hall–Kier alpha value is -1.60. The monoisotopic (exact) mass is 315 g/mol. The Morgan fingerprint density at radius 2 is 1.95 bits per heavy atom. The van der Waals surface area contributed by atoms with E-state index in [0.717, 1.165) is 11.8 Å². The third kappa shape index (κ3) is 8.31. The van der Waals surface area contributed by atoms with Gasteiger partial charge in [0.1, 0.15) is 13.7 Å². The Kier molecular flexibility index (Phi) is 7.18. The van der Waals surface area contributed by atoms with Gasteiger partial charge in [-0.2, -0.15) is 8.42 Å². The van der Waals surface area contributed by atoms with Gasteiger partial charge in [-0.25, -0.2) is 0 Å². The van der Waals surface area contributed by atoms with E-state index in [9.17, 15) is 8.42 Å². The zero-order valence-corrected chi connectivity index (χ0v) is 13.3. The van der Waals surface area contributed by atoms with Crippen LogP contribution in [0.2, 0.25) is 0 Å². The highest BCUT2D eigenvalue weighted by Crippen LogP contribution is 2.09. The van der Waals surface area contributed by atoms with Gasteiger partial charge in [0.25, 0.3) is 10.1 Å². The van der Waals surface area contributed by atoms with Gasteiger partial charge in [0.05, 0.1) is 12.4 Å². The Morgan fingerprint density at radius 3 is 2.52 bits per heavy atom. The fourth-order valence-corrected chi connectivity index (χ4v) is 2.35. The zero-order chi connectivity index (χ0) is 15.7. The molecule has 0 heterocycles. The summed E-state index contributed by atoms with van der Waals surface area (Å²) >= 11 is 0. The van der Waals surface area contributed by atoms with Crippen molar-refractivity contribution in [1.29, 1.82) is 0 Å². The van der Waals surface area contributed by atoms with Crippen molar-refractivity contribution < 1.29 is 22.2 Å². The smallest absolute Gasteiger partial charge is 0.264 e. The van der Waals surface area contributed by atoms with E-state index in [2.05, 4.69) is 5.16 Å². The summed E-state index contributed by atoms with van der Waals surface area (Å²) in [4.78, 5) is 4.73. The highest BCUT2D eigenvalue weighted by Gasteiger charge is 2.12. The normalized spacial score (nSPS) is 13.8. The van der Waals surface area contributed by atoms with Crippen molar-refractivity contribution in [3.63, 3.8) is 0 Å². The first-order valence-corrected chi connectivity index (χ1v) is 8.37.